The zero-order chi connectivity index (χ0) is 12.9. The molecule has 2 nitrogen and oxygen atoms in total. The topological polar surface area (TPSA) is 29.3 Å². The van der Waals surface area contributed by atoms with Crippen molar-refractivity contribution in [3.63, 3.8) is 0 Å². The fourth-order valence-electron chi connectivity index (χ4n) is 2.92. The molecular weight excluding hydrogens is 208 g/mol. The number of unbranched alkanes of at least 4 members (excludes halogenated alkanes) is 1. The number of hydrogen-bond donors (Lipinski definition) is 1. The Morgan fingerprint density at radius 2 is 1.71 bits per heavy atom. The molecule has 1 heterocycles. The van der Waals surface area contributed by atoms with Crippen molar-refractivity contribution in [2.45, 2.75) is 78.3 Å². The zero-order valence-electron chi connectivity index (χ0n) is 12.3. The number of rotatable bonds is 6. The molecule has 2 N–H and O–H groups in total. The second-order valence-electron chi connectivity index (χ2n) is 6.69. The van der Waals surface area contributed by atoms with E-state index in [0.717, 1.165) is 18.6 Å². The predicted molar refractivity (Wildman–Crippen MR) is 76.2 cm³/mol. The van der Waals surface area contributed by atoms with Gasteiger partial charge in [0.1, 0.15) is 0 Å². The fraction of sp³-hybridized carbons (Fsp3) is 1.00. The molecule has 2 heteroatoms. The lowest BCUT2D eigenvalue weighted by Gasteiger charge is -2.39. The molecule has 1 aliphatic heterocycles. The van der Waals surface area contributed by atoms with Crippen LogP contribution in [0.15, 0.2) is 0 Å². The Hall–Kier alpha value is -0.0800. The smallest absolute Gasteiger partial charge is 0.00697 e. The van der Waals surface area contributed by atoms with E-state index in [2.05, 4.69) is 32.6 Å². The van der Waals surface area contributed by atoms with Gasteiger partial charge in [-0.1, -0.05) is 26.7 Å². The molecule has 0 aromatic carbocycles. The van der Waals surface area contributed by atoms with Gasteiger partial charge >= 0.3 is 0 Å². The summed E-state index contributed by atoms with van der Waals surface area (Å²) in [4.78, 5) is 2.71. The number of nitrogens with zero attached hydrogens (tertiary/aromatic N) is 1. The number of likely N-dealkylation sites (tertiary alicyclic amines) is 1. The largest absolute Gasteiger partial charge is 0.330 e. The molecule has 1 rings (SSSR count). The van der Waals surface area contributed by atoms with Gasteiger partial charge < -0.3 is 5.73 Å². The first-order valence-corrected chi connectivity index (χ1v) is 7.42. The van der Waals surface area contributed by atoms with Gasteiger partial charge in [0.05, 0.1) is 0 Å². The molecule has 0 saturated carbocycles. The van der Waals surface area contributed by atoms with Gasteiger partial charge in [-0.15, -0.1) is 0 Å². The Morgan fingerprint density at radius 3 is 2.24 bits per heavy atom. The molecule has 0 unspecified atom stereocenters. The van der Waals surface area contributed by atoms with Crippen LogP contribution in [0.3, 0.4) is 0 Å². The molecule has 0 aromatic rings. The second kappa shape index (κ2) is 6.75. The lowest BCUT2D eigenvalue weighted by atomic mass is 9.87. The lowest BCUT2D eigenvalue weighted by molar-refractivity contribution is 0.1000. The average Bonchev–Trinajstić information content (AvgIpc) is 2.27. The molecule has 17 heavy (non-hydrogen) atoms. The minimum absolute atomic E-state index is 0.332. The van der Waals surface area contributed by atoms with Crippen molar-refractivity contribution in [1.82, 2.24) is 4.90 Å². The van der Waals surface area contributed by atoms with Crippen molar-refractivity contribution in [2.75, 3.05) is 13.1 Å². The third kappa shape index (κ3) is 4.97. The van der Waals surface area contributed by atoms with Gasteiger partial charge in [0.2, 0.25) is 0 Å². The minimum Gasteiger partial charge on any atom is -0.330 e. The fourth-order valence-corrected chi connectivity index (χ4v) is 2.92. The first-order valence-electron chi connectivity index (χ1n) is 7.42. The molecule has 0 bridgehead atoms. The molecule has 0 aromatic heterocycles. The van der Waals surface area contributed by atoms with Crippen molar-refractivity contribution in [3.05, 3.63) is 0 Å². The molecule has 0 spiro atoms. The highest BCUT2D eigenvalue weighted by molar-refractivity contribution is 4.79. The van der Waals surface area contributed by atoms with E-state index in [1.807, 2.05) is 0 Å². The third-order valence-corrected chi connectivity index (χ3v) is 4.45. The third-order valence-electron chi connectivity index (χ3n) is 4.45. The summed E-state index contributed by atoms with van der Waals surface area (Å²) in [6.07, 6.45) is 8.11. The van der Waals surface area contributed by atoms with E-state index in [-0.39, 0.29) is 0 Å². The summed E-state index contributed by atoms with van der Waals surface area (Å²) >= 11 is 0. The maximum atomic E-state index is 5.77. The highest BCUT2D eigenvalue weighted by Crippen LogP contribution is 2.25. The summed E-state index contributed by atoms with van der Waals surface area (Å²) in [6, 6.07) is 1.59. The monoisotopic (exact) mass is 240 g/mol. The SMILES string of the molecule is C[C@@H]1CCC[C@H](C)N1CCCCC(C)(C)CN. The van der Waals surface area contributed by atoms with Crippen molar-refractivity contribution < 1.29 is 0 Å². The highest BCUT2D eigenvalue weighted by atomic mass is 15.2. The van der Waals surface area contributed by atoms with Crippen molar-refractivity contribution in [1.29, 1.82) is 0 Å². The first-order chi connectivity index (χ1) is 7.96. The van der Waals surface area contributed by atoms with Crippen LogP contribution in [0, 0.1) is 5.41 Å². The molecule has 1 aliphatic rings. The van der Waals surface area contributed by atoms with E-state index < -0.39 is 0 Å². The van der Waals surface area contributed by atoms with E-state index in [1.165, 1.54) is 45.1 Å². The summed E-state index contributed by atoms with van der Waals surface area (Å²) in [5.41, 5.74) is 6.10. The van der Waals surface area contributed by atoms with Crippen LogP contribution in [0.4, 0.5) is 0 Å². The summed E-state index contributed by atoms with van der Waals surface area (Å²) in [5.74, 6) is 0. The quantitative estimate of drug-likeness (QED) is 0.721. The highest BCUT2D eigenvalue weighted by Gasteiger charge is 2.24. The Kier molecular flexibility index (Phi) is 5.94. The van der Waals surface area contributed by atoms with Crippen LogP contribution in [0.1, 0.15) is 66.2 Å². The Morgan fingerprint density at radius 1 is 1.12 bits per heavy atom. The van der Waals surface area contributed by atoms with Gasteiger partial charge in [0.15, 0.2) is 0 Å². The van der Waals surface area contributed by atoms with Gasteiger partial charge in [-0.05, 0) is 58.0 Å². The number of hydrogen-bond acceptors (Lipinski definition) is 2. The van der Waals surface area contributed by atoms with Gasteiger partial charge in [-0.25, -0.2) is 0 Å². The Balaban J connectivity index is 2.21. The number of piperidine rings is 1. The van der Waals surface area contributed by atoms with Gasteiger partial charge in [-0.2, -0.15) is 0 Å². The Bertz CT molecular complexity index is 203. The molecule has 2 atom stereocenters. The van der Waals surface area contributed by atoms with Crippen LogP contribution >= 0.6 is 0 Å². The van der Waals surface area contributed by atoms with Gasteiger partial charge in [-0.3, -0.25) is 4.90 Å². The molecule has 0 radical (unpaired) electrons. The summed E-state index contributed by atoms with van der Waals surface area (Å²) in [6.45, 7) is 11.4. The molecule has 0 aliphatic carbocycles. The summed E-state index contributed by atoms with van der Waals surface area (Å²) in [5, 5.41) is 0. The van der Waals surface area contributed by atoms with Crippen LogP contribution in [0.2, 0.25) is 0 Å². The van der Waals surface area contributed by atoms with Crippen LogP contribution < -0.4 is 5.73 Å². The van der Waals surface area contributed by atoms with E-state index in [4.69, 9.17) is 5.73 Å². The van der Waals surface area contributed by atoms with Crippen LogP contribution in [0.5, 0.6) is 0 Å². The lowest BCUT2D eigenvalue weighted by Crippen LogP contribution is -2.44. The number of nitrogens with two attached hydrogens (primary N) is 1. The Labute approximate surface area is 108 Å². The van der Waals surface area contributed by atoms with E-state index >= 15 is 0 Å². The standard InChI is InChI=1S/C15H32N2/c1-13-8-7-9-14(2)17(13)11-6-5-10-15(3,4)12-16/h13-14H,5-12,16H2,1-4H3/t13-,14+. The zero-order valence-corrected chi connectivity index (χ0v) is 12.3. The van der Waals surface area contributed by atoms with Crippen molar-refractivity contribution in [3.8, 4) is 0 Å². The summed E-state index contributed by atoms with van der Waals surface area (Å²) < 4.78 is 0. The maximum absolute atomic E-state index is 5.77. The summed E-state index contributed by atoms with van der Waals surface area (Å²) in [7, 11) is 0. The molecule has 0 amide bonds. The maximum Gasteiger partial charge on any atom is 0.00697 e. The molecule has 102 valence electrons. The van der Waals surface area contributed by atoms with E-state index in [9.17, 15) is 0 Å². The van der Waals surface area contributed by atoms with Crippen LogP contribution in [-0.4, -0.2) is 30.1 Å². The second-order valence-corrected chi connectivity index (χ2v) is 6.69. The first kappa shape index (κ1) is 15.0. The van der Waals surface area contributed by atoms with Crippen LogP contribution in [0.25, 0.3) is 0 Å². The van der Waals surface area contributed by atoms with Gasteiger partial charge in [0, 0.05) is 12.1 Å². The molecule has 1 fully saturated rings. The molecule has 1 saturated heterocycles. The van der Waals surface area contributed by atoms with E-state index in [1.54, 1.807) is 0 Å². The molecular formula is C15H32N2. The van der Waals surface area contributed by atoms with Crippen LogP contribution in [-0.2, 0) is 0 Å². The average molecular weight is 240 g/mol. The van der Waals surface area contributed by atoms with Gasteiger partial charge in [0.25, 0.3) is 0 Å². The normalized spacial score (nSPS) is 27.4. The minimum atomic E-state index is 0.332. The predicted octanol–water partition coefficient (Wildman–Crippen LogP) is 3.40. The van der Waals surface area contributed by atoms with Crippen molar-refractivity contribution >= 4 is 0 Å². The van der Waals surface area contributed by atoms with E-state index in [0.29, 0.717) is 5.41 Å². The van der Waals surface area contributed by atoms with Crippen molar-refractivity contribution in [2.24, 2.45) is 11.1 Å².